The smallest absolute Gasteiger partial charge is 0.414 e. The molecule has 1 aromatic carbocycles. The first-order valence-corrected chi connectivity index (χ1v) is 11.4. The van der Waals surface area contributed by atoms with Crippen LogP contribution < -0.4 is 4.90 Å². The van der Waals surface area contributed by atoms with E-state index in [0.717, 1.165) is 0 Å². The van der Waals surface area contributed by atoms with Crippen LogP contribution in [0.3, 0.4) is 0 Å². The van der Waals surface area contributed by atoms with Crippen LogP contribution >= 0.6 is 0 Å². The van der Waals surface area contributed by atoms with E-state index < -0.39 is 46.5 Å². The average Bonchev–Trinajstić information content (AvgIpc) is 3.25. The molecular weight excluding hydrogens is 428 g/mol. The molecule has 1 N–H and O–H groups in total. The van der Waals surface area contributed by atoms with E-state index in [1.54, 1.807) is 12.1 Å². The number of ether oxygens (including phenoxy) is 3. The van der Waals surface area contributed by atoms with E-state index >= 15 is 0 Å². The number of fused-ring (bicyclic) bond motifs is 4. The average molecular weight is 459 g/mol. The first-order chi connectivity index (χ1) is 15.8. The molecule has 1 saturated carbocycles. The van der Waals surface area contributed by atoms with Crippen molar-refractivity contribution in [3.8, 4) is 0 Å². The van der Waals surface area contributed by atoms with Crippen molar-refractivity contribution in [2.75, 3.05) is 39.3 Å². The second-order valence-corrected chi connectivity index (χ2v) is 9.57. The maximum absolute atomic E-state index is 13.8. The molecule has 1 aliphatic carbocycles. The van der Waals surface area contributed by atoms with E-state index in [2.05, 4.69) is 4.90 Å². The van der Waals surface area contributed by atoms with Crippen molar-refractivity contribution < 1.29 is 33.7 Å². The number of benzene rings is 1. The summed E-state index contributed by atoms with van der Waals surface area (Å²) >= 11 is 0. The molecule has 0 radical (unpaired) electrons. The first-order valence-electron chi connectivity index (χ1n) is 11.4. The molecule has 0 aromatic heterocycles. The molecule has 6 rings (SSSR count). The zero-order valence-electron chi connectivity index (χ0n) is 19.2. The Bertz CT molecular complexity index is 1010. The van der Waals surface area contributed by atoms with E-state index in [1.165, 1.54) is 26.2 Å². The van der Waals surface area contributed by atoms with Gasteiger partial charge in [0.1, 0.15) is 5.41 Å². The predicted molar refractivity (Wildman–Crippen MR) is 117 cm³/mol. The number of methoxy groups -OCH3 is 3. The molecule has 33 heavy (non-hydrogen) atoms. The molecule has 4 fully saturated rings. The summed E-state index contributed by atoms with van der Waals surface area (Å²) in [6.07, 6.45) is 0.836. The topological polar surface area (TPSA) is 106 Å². The van der Waals surface area contributed by atoms with Gasteiger partial charge < -0.3 is 19.3 Å². The lowest BCUT2D eigenvalue weighted by Crippen LogP contribution is -2.75. The Labute approximate surface area is 192 Å². The number of carbonyl (C=O) groups is 3. The number of aliphatic hydroxyl groups is 1. The van der Waals surface area contributed by atoms with Gasteiger partial charge in [-0.2, -0.15) is 0 Å². The van der Waals surface area contributed by atoms with Crippen LogP contribution in [0.1, 0.15) is 37.7 Å². The molecule has 2 spiro atoms. The van der Waals surface area contributed by atoms with Crippen LogP contribution in [-0.2, 0) is 29.2 Å². The van der Waals surface area contributed by atoms with Gasteiger partial charge in [0.25, 0.3) is 0 Å². The molecule has 5 aliphatic rings. The van der Waals surface area contributed by atoms with E-state index in [9.17, 15) is 19.5 Å². The van der Waals surface area contributed by atoms with Crippen molar-refractivity contribution in [3.05, 3.63) is 29.8 Å². The number of hydrogen-bond donors (Lipinski definition) is 1. The summed E-state index contributed by atoms with van der Waals surface area (Å²) in [5.41, 5.74) is -1.95. The molecule has 1 aromatic rings. The largest absolute Gasteiger partial charge is 0.469 e. The maximum atomic E-state index is 13.8. The van der Waals surface area contributed by atoms with Crippen molar-refractivity contribution in [1.29, 1.82) is 0 Å². The van der Waals surface area contributed by atoms with E-state index in [1.807, 2.05) is 12.1 Å². The van der Waals surface area contributed by atoms with E-state index in [-0.39, 0.29) is 6.42 Å². The lowest BCUT2D eigenvalue weighted by molar-refractivity contribution is -0.168. The van der Waals surface area contributed by atoms with Crippen molar-refractivity contribution in [1.82, 2.24) is 4.90 Å². The van der Waals surface area contributed by atoms with E-state index in [0.29, 0.717) is 50.0 Å². The van der Waals surface area contributed by atoms with Crippen LogP contribution in [0, 0.1) is 5.92 Å². The summed E-state index contributed by atoms with van der Waals surface area (Å²) in [5, 5.41) is 11.1. The zero-order valence-corrected chi connectivity index (χ0v) is 19.2. The molecule has 178 valence electrons. The molecule has 2 bridgehead atoms. The number of para-hydroxylation sites is 1. The zero-order chi connectivity index (χ0) is 23.6. The Kier molecular flexibility index (Phi) is 4.99. The minimum Gasteiger partial charge on any atom is -0.469 e. The van der Waals surface area contributed by atoms with Crippen LogP contribution in [-0.4, -0.2) is 79.6 Å². The third-order valence-electron chi connectivity index (χ3n) is 8.87. The molecular formula is C24H30N2O7. The van der Waals surface area contributed by atoms with Gasteiger partial charge in [-0.1, -0.05) is 18.2 Å². The van der Waals surface area contributed by atoms with Crippen molar-refractivity contribution in [3.63, 3.8) is 0 Å². The maximum Gasteiger partial charge on any atom is 0.414 e. The molecule has 4 aliphatic heterocycles. The number of anilines is 1. The number of carbonyl (C=O) groups excluding carboxylic acids is 3. The number of esters is 2. The standard InChI is InChI=1S/C24H30N2O7/c1-31-19(28)16-14-22-9-10-24(16)23(20(29)32-2,11-13-25(22)12-8-18(22)27)15-6-4-5-7-17(15)26(24)21(30)33-3/h4-7,16,18,27H,8-14H2,1-3H3/t16-,18-,22+,23+,24+/m0/s1. The van der Waals surface area contributed by atoms with Crippen LogP contribution in [0.25, 0.3) is 0 Å². The van der Waals surface area contributed by atoms with Crippen LogP contribution in [0.15, 0.2) is 24.3 Å². The van der Waals surface area contributed by atoms with Crippen molar-refractivity contribution >= 4 is 23.7 Å². The first kappa shape index (κ1) is 22.2. The van der Waals surface area contributed by atoms with Gasteiger partial charge in [-0.15, -0.1) is 0 Å². The highest BCUT2D eigenvalue weighted by atomic mass is 16.5. The fourth-order valence-electron chi connectivity index (χ4n) is 7.55. The van der Waals surface area contributed by atoms with E-state index in [4.69, 9.17) is 14.2 Å². The molecule has 9 heteroatoms. The molecule has 3 saturated heterocycles. The summed E-state index contributed by atoms with van der Waals surface area (Å²) in [6, 6.07) is 7.25. The third-order valence-corrected chi connectivity index (χ3v) is 8.87. The Balaban J connectivity index is 1.85. The van der Waals surface area contributed by atoms with Gasteiger partial charge >= 0.3 is 18.0 Å². The number of amides is 1. The molecule has 1 amide bonds. The predicted octanol–water partition coefficient (Wildman–Crippen LogP) is 1.60. The van der Waals surface area contributed by atoms with Gasteiger partial charge in [-0.3, -0.25) is 19.4 Å². The Hall–Kier alpha value is -2.65. The second kappa shape index (κ2) is 7.43. The Morgan fingerprint density at radius 2 is 1.76 bits per heavy atom. The Morgan fingerprint density at radius 3 is 2.45 bits per heavy atom. The molecule has 4 heterocycles. The third kappa shape index (κ3) is 2.47. The summed E-state index contributed by atoms with van der Waals surface area (Å²) in [4.78, 5) is 44.4. The van der Waals surface area contributed by atoms with Gasteiger partial charge in [0.2, 0.25) is 0 Å². The Morgan fingerprint density at radius 1 is 1.00 bits per heavy atom. The van der Waals surface area contributed by atoms with Crippen LogP contribution in [0.4, 0.5) is 10.5 Å². The van der Waals surface area contributed by atoms with Gasteiger partial charge in [0.15, 0.2) is 0 Å². The van der Waals surface area contributed by atoms with Gasteiger partial charge in [0, 0.05) is 18.6 Å². The molecule has 0 unspecified atom stereocenters. The lowest BCUT2D eigenvalue weighted by atomic mass is 9.51. The van der Waals surface area contributed by atoms with Gasteiger partial charge in [-0.25, -0.2) is 4.79 Å². The lowest BCUT2D eigenvalue weighted by Gasteiger charge is -2.61. The summed E-state index contributed by atoms with van der Waals surface area (Å²) in [5.74, 6) is -1.85. The monoisotopic (exact) mass is 458 g/mol. The highest BCUT2D eigenvalue weighted by Gasteiger charge is 2.76. The number of hydrogen-bond acceptors (Lipinski definition) is 8. The second-order valence-electron chi connectivity index (χ2n) is 9.57. The molecule has 5 atom stereocenters. The quantitative estimate of drug-likeness (QED) is 0.526. The highest BCUT2D eigenvalue weighted by Crippen LogP contribution is 2.65. The normalized spacial score (nSPS) is 36.8. The summed E-state index contributed by atoms with van der Waals surface area (Å²) < 4.78 is 15.9. The van der Waals surface area contributed by atoms with Crippen molar-refractivity contribution in [2.45, 2.75) is 54.7 Å². The molecule has 9 nitrogen and oxygen atoms in total. The minimum absolute atomic E-state index is 0.279. The minimum atomic E-state index is -1.29. The number of aliphatic hydroxyl groups excluding tert-OH is 1. The van der Waals surface area contributed by atoms with Crippen molar-refractivity contribution in [2.24, 2.45) is 5.92 Å². The van der Waals surface area contributed by atoms with Gasteiger partial charge in [-0.05, 0) is 43.7 Å². The van der Waals surface area contributed by atoms with Crippen LogP contribution in [0.2, 0.25) is 0 Å². The van der Waals surface area contributed by atoms with Crippen LogP contribution in [0.5, 0.6) is 0 Å². The number of rotatable bonds is 2. The number of nitrogens with zero attached hydrogens (tertiary/aromatic N) is 2. The fourth-order valence-corrected chi connectivity index (χ4v) is 7.55. The highest BCUT2D eigenvalue weighted by molar-refractivity contribution is 6.03. The fraction of sp³-hybridized carbons (Fsp3) is 0.625. The SMILES string of the molecule is COC(=O)[C@@H]1C[C@@]23CC[C@@]14N(C(=O)OC)c1ccccc1[C@@]4(C(=O)OC)CCN2CC[C@@H]3O. The van der Waals surface area contributed by atoms with Gasteiger partial charge in [0.05, 0.1) is 44.6 Å². The summed E-state index contributed by atoms with van der Waals surface area (Å²) in [6.45, 7) is 1.22. The summed E-state index contributed by atoms with van der Waals surface area (Å²) in [7, 11) is 3.95.